The highest BCUT2D eigenvalue weighted by Gasteiger charge is 2.23. The lowest BCUT2D eigenvalue weighted by Crippen LogP contribution is -2.40. The van der Waals surface area contributed by atoms with Gasteiger partial charge in [-0.15, -0.1) is 6.58 Å². The molecule has 0 bridgehead atoms. The minimum Gasteiger partial charge on any atom is -0.455 e. The number of ether oxygens (including phenoxy) is 1. The summed E-state index contributed by atoms with van der Waals surface area (Å²) < 4.78 is 31.2. The summed E-state index contributed by atoms with van der Waals surface area (Å²) in [6.45, 7) is 3.43. The van der Waals surface area contributed by atoms with E-state index < -0.39 is 15.9 Å². The lowest BCUT2D eigenvalue weighted by molar-refractivity contribution is -0.119. The first-order valence-corrected chi connectivity index (χ1v) is 9.44. The van der Waals surface area contributed by atoms with Crippen molar-refractivity contribution in [1.29, 1.82) is 0 Å². The summed E-state index contributed by atoms with van der Waals surface area (Å²) in [6, 6.07) is 15.7. The fraction of sp³-hybridized carbons (Fsp3) is 0.167. The minimum atomic E-state index is -3.69. The second kappa shape index (κ2) is 8.34. The zero-order valence-electron chi connectivity index (χ0n) is 13.9. The van der Waals surface area contributed by atoms with E-state index in [9.17, 15) is 13.2 Å². The van der Waals surface area contributed by atoms with Gasteiger partial charge in [-0.05, 0) is 24.3 Å². The molecule has 0 unspecified atom stereocenters. The largest absolute Gasteiger partial charge is 0.455 e. The van der Waals surface area contributed by atoms with E-state index in [2.05, 4.69) is 11.9 Å². The first kappa shape index (κ1) is 18.5. The summed E-state index contributed by atoms with van der Waals surface area (Å²) in [6.07, 6.45) is 2.57. The van der Waals surface area contributed by atoms with Crippen molar-refractivity contribution in [3.8, 4) is 11.5 Å². The monoisotopic (exact) mass is 360 g/mol. The molecule has 0 spiro atoms. The van der Waals surface area contributed by atoms with E-state index in [0.717, 1.165) is 10.6 Å². The van der Waals surface area contributed by atoms with Gasteiger partial charge >= 0.3 is 0 Å². The number of hydrogen-bond acceptors (Lipinski definition) is 4. The van der Waals surface area contributed by atoms with Gasteiger partial charge < -0.3 is 10.1 Å². The third-order valence-electron chi connectivity index (χ3n) is 3.24. The Kier molecular flexibility index (Phi) is 6.19. The van der Waals surface area contributed by atoms with E-state index in [1.807, 2.05) is 18.2 Å². The predicted octanol–water partition coefficient (Wildman–Crippen LogP) is 2.55. The molecule has 2 aromatic carbocycles. The summed E-state index contributed by atoms with van der Waals surface area (Å²) >= 11 is 0. The maximum Gasteiger partial charge on any atom is 0.241 e. The van der Waals surface area contributed by atoms with Crippen LogP contribution in [-0.2, 0) is 14.8 Å². The molecule has 0 radical (unpaired) electrons. The van der Waals surface area contributed by atoms with Crippen molar-refractivity contribution in [3.05, 3.63) is 67.3 Å². The number of amides is 1. The molecule has 1 N–H and O–H groups in total. The topological polar surface area (TPSA) is 75.7 Å². The zero-order valence-corrected chi connectivity index (χ0v) is 14.7. The van der Waals surface area contributed by atoms with Crippen molar-refractivity contribution in [1.82, 2.24) is 5.32 Å². The van der Waals surface area contributed by atoms with Crippen molar-refractivity contribution in [2.45, 2.75) is 0 Å². The summed E-state index contributed by atoms with van der Waals surface area (Å²) in [5.41, 5.74) is 0.294. The normalized spacial score (nSPS) is 10.8. The molecular formula is C18H20N2O4S. The van der Waals surface area contributed by atoms with Crippen molar-refractivity contribution >= 4 is 21.6 Å². The van der Waals surface area contributed by atoms with Gasteiger partial charge in [-0.1, -0.05) is 36.4 Å². The Labute approximate surface area is 147 Å². The lowest BCUT2D eigenvalue weighted by Gasteiger charge is -2.24. The molecule has 0 heterocycles. The Morgan fingerprint density at radius 1 is 1.16 bits per heavy atom. The van der Waals surface area contributed by atoms with Gasteiger partial charge in [0.05, 0.1) is 11.9 Å². The molecule has 132 valence electrons. The highest BCUT2D eigenvalue weighted by molar-refractivity contribution is 7.92. The van der Waals surface area contributed by atoms with Crippen molar-refractivity contribution in [2.75, 3.05) is 23.7 Å². The zero-order chi connectivity index (χ0) is 18.3. The first-order valence-electron chi connectivity index (χ1n) is 7.59. The standard InChI is InChI=1S/C18H20N2O4S/c1-3-13-19-18(21)14-20(25(2,22)23)16-11-7-8-12-17(16)24-15-9-5-4-6-10-15/h3-12H,1,13-14H2,2H3,(H,19,21). The van der Waals surface area contributed by atoms with Crippen LogP contribution in [0.1, 0.15) is 0 Å². The number of anilines is 1. The van der Waals surface area contributed by atoms with Crippen LogP contribution in [-0.4, -0.2) is 33.7 Å². The van der Waals surface area contributed by atoms with Crippen LogP contribution < -0.4 is 14.4 Å². The van der Waals surface area contributed by atoms with Crippen LogP contribution in [0.15, 0.2) is 67.3 Å². The molecular weight excluding hydrogens is 340 g/mol. The molecule has 0 aliphatic rings. The third-order valence-corrected chi connectivity index (χ3v) is 4.36. The van der Waals surface area contributed by atoms with Gasteiger partial charge in [-0.3, -0.25) is 9.10 Å². The summed E-state index contributed by atoms with van der Waals surface area (Å²) in [4.78, 5) is 12.0. The Balaban J connectivity index is 2.34. The molecule has 7 heteroatoms. The van der Waals surface area contributed by atoms with Gasteiger partial charge in [-0.2, -0.15) is 0 Å². The number of nitrogens with one attached hydrogen (secondary N) is 1. The Bertz CT molecular complexity index is 835. The summed E-state index contributed by atoms with van der Waals surface area (Å²) in [5.74, 6) is 0.481. The number of nitrogens with zero attached hydrogens (tertiary/aromatic N) is 1. The van der Waals surface area contributed by atoms with Crippen LogP contribution in [0.5, 0.6) is 11.5 Å². The van der Waals surface area contributed by atoms with Gasteiger partial charge in [-0.25, -0.2) is 8.42 Å². The van der Waals surface area contributed by atoms with Crippen LogP contribution in [0.3, 0.4) is 0 Å². The highest BCUT2D eigenvalue weighted by atomic mass is 32.2. The van der Waals surface area contributed by atoms with E-state index in [0.29, 0.717) is 17.2 Å². The van der Waals surface area contributed by atoms with Crippen molar-refractivity contribution in [3.63, 3.8) is 0 Å². The molecule has 25 heavy (non-hydrogen) atoms. The van der Waals surface area contributed by atoms with E-state index >= 15 is 0 Å². The number of sulfonamides is 1. The Morgan fingerprint density at radius 2 is 1.80 bits per heavy atom. The quantitative estimate of drug-likeness (QED) is 0.734. The third kappa shape index (κ3) is 5.36. The van der Waals surface area contributed by atoms with Gasteiger partial charge in [0.2, 0.25) is 15.9 Å². The van der Waals surface area contributed by atoms with Gasteiger partial charge in [0.15, 0.2) is 5.75 Å². The van der Waals surface area contributed by atoms with Crippen LogP contribution in [0.2, 0.25) is 0 Å². The number of carbonyl (C=O) groups is 1. The van der Waals surface area contributed by atoms with Crippen molar-refractivity contribution in [2.24, 2.45) is 0 Å². The molecule has 0 saturated heterocycles. The van der Waals surface area contributed by atoms with E-state index in [4.69, 9.17) is 4.74 Å². The van der Waals surface area contributed by atoms with Crippen LogP contribution in [0.4, 0.5) is 5.69 Å². The molecule has 2 rings (SSSR count). The first-order chi connectivity index (χ1) is 11.9. The molecule has 0 saturated carbocycles. The fourth-order valence-corrected chi connectivity index (χ4v) is 2.98. The summed E-state index contributed by atoms with van der Waals surface area (Å²) in [5, 5.41) is 2.57. The number of rotatable bonds is 8. The molecule has 0 fully saturated rings. The van der Waals surface area contributed by atoms with Gasteiger partial charge in [0, 0.05) is 6.54 Å². The van der Waals surface area contributed by atoms with Crippen LogP contribution in [0.25, 0.3) is 0 Å². The molecule has 1 amide bonds. The Morgan fingerprint density at radius 3 is 2.44 bits per heavy atom. The molecule has 6 nitrogen and oxygen atoms in total. The second-order valence-corrected chi connectivity index (χ2v) is 7.15. The van der Waals surface area contributed by atoms with Crippen LogP contribution >= 0.6 is 0 Å². The average molecular weight is 360 g/mol. The van der Waals surface area contributed by atoms with Gasteiger partial charge in [0.1, 0.15) is 12.3 Å². The maximum atomic E-state index is 12.2. The van der Waals surface area contributed by atoms with E-state index in [1.165, 1.54) is 6.08 Å². The highest BCUT2D eigenvalue weighted by Crippen LogP contribution is 2.33. The number of benzene rings is 2. The molecule has 0 aromatic heterocycles. The average Bonchev–Trinajstić information content (AvgIpc) is 2.58. The maximum absolute atomic E-state index is 12.2. The molecule has 0 atom stereocenters. The second-order valence-electron chi connectivity index (χ2n) is 5.25. The minimum absolute atomic E-state index is 0.262. The fourth-order valence-electron chi connectivity index (χ4n) is 2.12. The smallest absolute Gasteiger partial charge is 0.241 e. The SMILES string of the molecule is C=CCNC(=O)CN(c1ccccc1Oc1ccccc1)S(C)(=O)=O. The number of para-hydroxylation sites is 3. The molecule has 2 aromatic rings. The molecule has 0 aliphatic heterocycles. The number of hydrogen-bond donors (Lipinski definition) is 1. The van der Waals surface area contributed by atoms with E-state index in [-0.39, 0.29) is 13.1 Å². The van der Waals surface area contributed by atoms with Crippen LogP contribution in [0, 0.1) is 0 Å². The Hall–Kier alpha value is -2.80. The van der Waals surface area contributed by atoms with Gasteiger partial charge in [0.25, 0.3) is 0 Å². The molecule has 0 aliphatic carbocycles. The lowest BCUT2D eigenvalue weighted by atomic mass is 10.3. The predicted molar refractivity (Wildman–Crippen MR) is 98.4 cm³/mol. The number of carbonyl (C=O) groups excluding carboxylic acids is 1. The van der Waals surface area contributed by atoms with E-state index in [1.54, 1.807) is 36.4 Å². The van der Waals surface area contributed by atoms with Crippen molar-refractivity contribution < 1.29 is 17.9 Å². The summed E-state index contributed by atoms with van der Waals surface area (Å²) in [7, 11) is -3.69.